The van der Waals surface area contributed by atoms with Gasteiger partial charge in [0.05, 0.1) is 23.0 Å². The molecule has 0 saturated carbocycles. The summed E-state index contributed by atoms with van der Waals surface area (Å²) < 4.78 is 75.9. The molecule has 15 heteroatoms. The number of thioether (sulfide) groups is 1. The molecule has 0 amide bonds. The van der Waals surface area contributed by atoms with Crippen LogP contribution in [0.5, 0.6) is 5.75 Å². The molecule has 7 nitrogen and oxygen atoms in total. The minimum atomic E-state index is -4.54. The highest BCUT2D eigenvalue weighted by Crippen LogP contribution is 2.37. The number of rotatable bonds is 17. The predicted octanol–water partition coefficient (Wildman–Crippen LogP) is 8.73. The fraction of sp³-hybridized carbons (Fsp3) is 0.586. The lowest BCUT2D eigenvalue weighted by molar-refractivity contribution is -0.127. The van der Waals surface area contributed by atoms with Crippen LogP contribution in [0, 0.1) is 9.52 Å². The Bertz CT molecular complexity index is 1400. The molecule has 246 valence electrons. The molecule has 0 aliphatic heterocycles. The van der Waals surface area contributed by atoms with Crippen LogP contribution in [0.25, 0.3) is 22.2 Å². The molecule has 2 aromatic heterocycles. The van der Waals surface area contributed by atoms with Gasteiger partial charge in [-0.1, -0.05) is 39.3 Å². The van der Waals surface area contributed by atoms with Gasteiger partial charge in [-0.15, -0.1) is 0 Å². The number of nitrogens with zero attached hydrogens (tertiary/aromatic N) is 3. The van der Waals surface area contributed by atoms with Gasteiger partial charge in [0.1, 0.15) is 16.2 Å². The Kier molecular flexibility index (Phi) is 13.4. The highest BCUT2D eigenvalue weighted by molar-refractivity contribution is 14.1. The Labute approximate surface area is 277 Å². The number of anilines is 1. The highest BCUT2D eigenvalue weighted by atomic mass is 127. The lowest BCUT2D eigenvalue weighted by Crippen LogP contribution is -2.22. The van der Waals surface area contributed by atoms with Crippen LogP contribution in [0.15, 0.2) is 18.2 Å². The van der Waals surface area contributed by atoms with E-state index >= 15 is 4.39 Å². The molecule has 0 unspecified atom stereocenters. The number of hydrogen-bond acceptors (Lipinski definition) is 7. The number of alkyl halides is 3. The highest BCUT2D eigenvalue weighted by Gasteiger charge is 2.31. The van der Waals surface area contributed by atoms with Crippen LogP contribution < -0.4 is 10.1 Å². The maximum atomic E-state index is 15.4. The number of benzene rings is 1. The molecule has 0 bridgehead atoms. The third kappa shape index (κ3) is 11.7. The Morgan fingerprint density at radius 1 is 1.00 bits per heavy atom. The van der Waals surface area contributed by atoms with Crippen molar-refractivity contribution >= 4 is 67.2 Å². The molecule has 0 fully saturated rings. The number of halogens is 5. The van der Waals surface area contributed by atoms with Gasteiger partial charge in [0, 0.05) is 47.2 Å². The van der Waals surface area contributed by atoms with Gasteiger partial charge in [-0.2, -0.15) is 30.0 Å². The SMILES string of the molecule is CSCCNc1nc(-c2cc(F)c(OCOCC[Si](C)(C)C)cc2CC(F)(F)F)cc2c1c(I)nn2COCC[Si](C)(C)C. The summed E-state index contributed by atoms with van der Waals surface area (Å²) in [6, 6.07) is 5.69. The van der Waals surface area contributed by atoms with Crippen molar-refractivity contribution in [3.63, 3.8) is 0 Å². The average Bonchev–Trinajstić information content (AvgIpc) is 3.21. The van der Waals surface area contributed by atoms with Crippen molar-refractivity contribution in [3.8, 4) is 17.0 Å². The van der Waals surface area contributed by atoms with Gasteiger partial charge in [-0.05, 0) is 64.7 Å². The van der Waals surface area contributed by atoms with E-state index in [4.69, 9.17) is 19.2 Å². The molecular formula is C29H43F4IN4O3SSi2. The van der Waals surface area contributed by atoms with E-state index in [0.29, 0.717) is 34.8 Å². The first-order chi connectivity index (χ1) is 20.5. The van der Waals surface area contributed by atoms with Crippen molar-refractivity contribution in [3.05, 3.63) is 33.3 Å². The van der Waals surface area contributed by atoms with E-state index in [9.17, 15) is 13.2 Å². The third-order valence-electron chi connectivity index (χ3n) is 6.62. The molecule has 0 aliphatic carbocycles. The van der Waals surface area contributed by atoms with Crippen molar-refractivity contribution in [2.24, 2.45) is 0 Å². The Morgan fingerprint density at radius 3 is 2.27 bits per heavy atom. The molecular weight excluding hydrogens is 743 g/mol. The minimum Gasteiger partial charge on any atom is -0.464 e. The van der Waals surface area contributed by atoms with Crippen LogP contribution in [0.1, 0.15) is 5.56 Å². The third-order valence-corrected chi connectivity index (χ3v) is 11.4. The van der Waals surface area contributed by atoms with Crippen molar-refractivity contribution in [1.29, 1.82) is 0 Å². The van der Waals surface area contributed by atoms with Crippen molar-refractivity contribution in [1.82, 2.24) is 14.8 Å². The largest absolute Gasteiger partial charge is 0.464 e. The number of pyridine rings is 1. The second-order valence-corrected chi connectivity index (χ2v) is 26.3. The van der Waals surface area contributed by atoms with Crippen LogP contribution in [0.4, 0.5) is 23.4 Å². The fourth-order valence-electron chi connectivity index (χ4n) is 4.16. The summed E-state index contributed by atoms with van der Waals surface area (Å²) in [5.74, 6) is 0.170. The van der Waals surface area contributed by atoms with Gasteiger partial charge >= 0.3 is 6.18 Å². The molecule has 1 N–H and O–H groups in total. The van der Waals surface area contributed by atoms with Crippen molar-refractivity contribution in [2.75, 3.05) is 43.9 Å². The summed E-state index contributed by atoms with van der Waals surface area (Å²) in [5.41, 5.74) is 0.711. The Hall–Kier alpha value is -1.41. The monoisotopic (exact) mass is 786 g/mol. The maximum absolute atomic E-state index is 15.4. The Balaban J connectivity index is 2.03. The van der Waals surface area contributed by atoms with Crippen LogP contribution in [-0.4, -0.2) is 75.6 Å². The van der Waals surface area contributed by atoms with E-state index in [2.05, 4.69) is 72.3 Å². The molecule has 3 rings (SSSR count). The number of fused-ring (bicyclic) bond motifs is 1. The molecule has 0 atom stereocenters. The zero-order valence-corrected chi connectivity index (χ0v) is 31.4. The molecule has 0 spiro atoms. The van der Waals surface area contributed by atoms with E-state index < -0.39 is 34.6 Å². The average molecular weight is 787 g/mol. The van der Waals surface area contributed by atoms with Gasteiger partial charge < -0.3 is 19.5 Å². The zero-order valence-electron chi connectivity index (χ0n) is 26.5. The van der Waals surface area contributed by atoms with Gasteiger partial charge in [-0.25, -0.2) is 14.1 Å². The van der Waals surface area contributed by atoms with E-state index in [-0.39, 0.29) is 36.1 Å². The summed E-state index contributed by atoms with van der Waals surface area (Å²) in [7, 11) is -2.64. The molecule has 3 aromatic rings. The molecule has 0 aliphatic rings. The van der Waals surface area contributed by atoms with E-state index in [1.165, 1.54) is 0 Å². The van der Waals surface area contributed by atoms with E-state index in [1.54, 1.807) is 22.5 Å². The first kappa shape index (κ1) is 37.1. The van der Waals surface area contributed by atoms with Crippen molar-refractivity contribution in [2.45, 2.75) is 70.7 Å². The lowest BCUT2D eigenvalue weighted by Gasteiger charge is -2.18. The van der Waals surface area contributed by atoms with E-state index in [0.717, 1.165) is 35.4 Å². The second-order valence-electron chi connectivity index (χ2n) is 13.0. The normalized spacial score (nSPS) is 12.7. The molecule has 0 saturated heterocycles. The summed E-state index contributed by atoms with van der Waals surface area (Å²) in [6.07, 6.45) is -3.84. The first-order valence-corrected chi connectivity index (χ1v) is 24.3. The smallest absolute Gasteiger partial charge is 0.393 e. The lowest BCUT2D eigenvalue weighted by atomic mass is 9.99. The number of hydrogen-bond donors (Lipinski definition) is 1. The fourth-order valence-corrected chi connectivity index (χ4v) is 6.77. The summed E-state index contributed by atoms with van der Waals surface area (Å²) in [4.78, 5) is 4.71. The van der Waals surface area contributed by atoms with Gasteiger partial charge in [0.25, 0.3) is 0 Å². The van der Waals surface area contributed by atoms with Crippen LogP contribution >= 0.6 is 34.4 Å². The molecule has 0 radical (unpaired) electrons. The molecule has 44 heavy (non-hydrogen) atoms. The zero-order chi connectivity index (χ0) is 32.7. The van der Waals surface area contributed by atoms with Crippen molar-refractivity contribution < 1.29 is 31.8 Å². The van der Waals surface area contributed by atoms with Gasteiger partial charge in [0.2, 0.25) is 0 Å². The Morgan fingerprint density at radius 2 is 1.66 bits per heavy atom. The topological polar surface area (TPSA) is 70.4 Å². The summed E-state index contributed by atoms with van der Waals surface area (Å²) >= 11 is 3.77. The van der Waals surface area contributed by atoms with E-state index in [1.807, 2.05) is 6.26 Å². The van der Waals surface area contributed by atoms with Crippen LogP contribution in [0.3, 0.4) is 0 Å². The number of aromatic nitrogens is 3. The first-order valence-electron chi connectivity index (χ1n) is 14.4. The second kappa shape index (κ2) is 15.9. The van der Waals surface area contributed by atoms with Crippen LogP contribution in [0.2, 0.25) is 51.4 Å². The molecule has 1 aromatic carbocycles. The van der Waals surface area contributed by atoms with Gasteiger partial charge in [-0.3, -0.25) is 0 Å². The standard InChI is InChI=1S/C29H43F4IN4O3SSi2/c1-42-11-8-35-28-26-24(38(37-27(26)34)18-39-9-12-43(2,3)4)16-23(36-28)21-15-22(30)25(14-20(21)17-29(31,32)33)41-19-40-10-13-44(5,6)7/h14-16H,8-13,17-19H2,1-7H3,(H,35,36). The minimum absolute atomic E-state index is 0.0315. The summed E-state index contributed by atoms with van der Waals surface area (Å²) in [5, 5.41) is 8.68. The summed E-state index contributed by atoms with van der Waals surface area (Å²) in [6.45, 7) is 14.9. The molecule has 2 heterocycles. The number of ether oxygens (including phenoxy) is 3. The quantitative estimate of drug-likeness (QED) is 0.0483. The van der Waals surface area contributed by atoms with Crippen LogP contribution in [-0.2, 0) is 22.6 Å². The number of nitrogens with one attached hydrogen (secondary N) is 1. The maximum Gasteiger partial charge on any atom is 0.393 e. The predicted molar refractivity (Wildman–Crippen MR) is 186 cm³/mol. The van der Waals surface area contributed by atoms with Gasteiger partial charge in [0.15, 0.2) is 18.4 Å².